The summed E-state index contributed by atoms with van der Waals surface area (Å²) < 4.78 is 13.4. The van der Waals surface area contributed by atoms with E-state index in [0.717, 1.165) is 11.8 Å². The van der Waals surface area contributed by atoms with Crippen LogP contribution in [0.1, 0.15) is 5.56 Å². The summed E-state index contributed by atoms with van der Waals surface area (Å²) in [5.74, 6) is -0.350. The molecule has 0 aliphatic heterocycles. The van der Waals surface area contributed by atoms with Gasteiger partial charge in [0.15, 0.2) is 0 Å². The number of rotatable bonds is 1. The third-order valence-corrected chi connectivity index (χ3v) is 2.22. The van der Waals surface area contributed by atoms with E-state index < -0.39 is 5.82 Å². The quantitative estimate of drug-likeness (QED) is 0.773. The molecule has 0 aliphatic rings. The van der Waals surface area contributed by atoms with Crippen molar-refractivity contribution in [3.63, 3.8) is 0 Å². The van der Waals surface area contributed by atoms with E-state index in [1.807, 2.05) is 13.0 Å². The van der Waals surface area contributed by atoms with Crippen LogP contribution in [0.2, 0.25) is 0 Å². The lowest BCUT2D eigenvalue weighted by Gasteiger charge is -2.06. The van der Waals surface area contributed by atoms with Crippen LogP contribution in [0.3, 0.4) is 0 Å². The molecule has 0 radical (unpaired) electrons. The third-order valence-electron chi connectivity index (χ3n) is 2.22. The molecule has 0 saturated carbocycles. The molecule has 2 rings (SSSR count). The number of hydrogen-bond acceptors (Lipinski definition) is 2. The van der Waals surface area contributed by atoms with Crippen LogP contribution in [0.25, 0.3) is 11.1 Å². The highest BCUT2D eigenvalue weighted by atomic mass is 19.1. The van der Waals surface area contributed by atoms with Gasteiger partial charge in [0.1, 0.15) is 11.6 Å². The lowest BCUT2D eigenvalue weighted by atomic mass is 10.0. The lowest BCUT2D eigenvalue weighted by molar-refractivity contribution is 0.476. The Kier molecular flexibility index (Phi) is 2.37. The van der Waals surface area contributed by atoms with Gasteiger partial charge in [-0.15, -0.1) is 0 Å². The summed E-state index contributed by atoms with van der Waals surface area (Å²) in [7, 11) is 0. The molecule has 1 aromatic carbocycles. The Bertz CT molecular complexity index is 497. The Labute approximate surface area is 87.0 Å². The molecule has 0 bridgehead atoms. The highest BCUT2D eigenvalue weighted by Crippen LogP contribution is 2.30. The molecule has 0 saturated heterocycles. The fourth-order valence-corrected chi connectivity index (χ4v) is 1.46. The number of aromatic nitrogens is 1. The first kappa shape index (κ1) is 9.65. The molecule has 0 amide bonds. The number of aromatic hydroxyl groups is 1. The number of pyridine rings is 1. The van der Waals surface area contributed by atoms with Crippen LogP contribution in [0.5, 0.6) is 5.75 Å². The highest BCUT2D eigenvalue weighted by Gasteiger charge is 2.08. The van der Waals surface area contributed by atoms with Gasteiger partial charge in [-0.3, -0.25) is 4.98 Å². The van der Waals surface area contributed by atoms with Gasteiger partial charge in [-0.1, -0.05) is 12.1 Å². The molecular formula is C12H10FNO. The van der Waals surface area contributed by atoms with E-state index >= 15 is 0 Å². The van der Waals surface area contributed by atoms with Gasteiger partial charge in [0, 0.05) is 17.3 Å². The molecule has 1 heterocycles. The van der Waals surface area contributed by atoms with Crippen LogP contribution in [0, 0.1) is 12.7 Å². The van der Waals surface area contributed by atoms with E-state index in [1.54, 1.807) is 18.2 Å². The van der Waals surface area contributed by atoms with Crippen LogP contribution in [0.4, 0.5) is 4.39 Å². The Hall–Kier alpha value is -1.90. The number of nitrogens with zero attached hydrogens (tertiary/aromatic N) is 1. The number of phenolic OH excluding ortho intramolecular Hbond substituents is 1. The summed E-state index contributed by atoms with van der Waals surface area (Å²) in [6.45, 7) is 1.87. The first-order valence-corrected chi connectivity index (χ1v) is 4.58. The van der Waals surface area contributed by atoms with Crippen LogP contribution >= 0.6 is 0 Å². The molecule has 1 N–H and O–H groups in total. The van der Waals surface area contributed by atoms with E-state index in [-0.39, 0.29) is 5.75 Å². The Morgan fingerprint density at radius 3 is 2.67 bits per heavy atom. The Morgan fingerprint density at radius 2 is 2.00 bits per heavy atom. The molecule has 3 heteroatoms. The van der Waals surface area contributed by atoms with Crippen LogP contribution in [0.15, 0.2) is 36.7 Å². The summed E-state index contributed by atoms with van der Waals surface area (Å²) in [6.07, 6.45) is 2.63. The monoisotopic (exact) mass is 203 g/mol. The molecule has 15 heavy (non-hydrogen) atoms. The predicted molar refractivity (Wildman–Crippen MR) is 56.0 cm³/mol. The number of phenols is 1. The van der Waals surface area contributed by atoms with Gasteiger partial charge in [0.05, 0.1) is 6.20 Å². The maximum atomic E-state index is 13.4. The minimum atomic E-state index is -0.434. The molecular weight excluding hydrogens is 193 g/mol. The van der Waals surface area contributed by atoms with E-state index in [9.17, 15) is 9.50 Å². The zero-order valence-electron chi connectivity index (χ0n) is 8.24. The van der Waals surface area contributed by atoms with Crippen molar-refractivity contribution < 1.29 is 9.50 Å². The number of benzene rings is 1. The fourth-order valence-electron chi connectivity index (χ4n) is 1.46. The summed E-state index contributed by atoms with van der Waals surface area (Å²) >= 11 is 0. The van der Waals surface area contributed by atoms with Crippen LogP contribution in [-0.2, 0) is 0 Å². The van der Waals surface area contributed by atoms with Crippen LogP contribution < -0.4 is 0 Å². The van der Waals surface area contributed by atoms with Crippen molar-refractivity contribution in [1.82, 2.24) is 4.98 Å². The van der Waals surface area contributed by atoms with E-state index in [1.165, 1.54) is 6.20 Å². The molecule has 0 spiro atoms. The van der Waals surface area contributed by atoms with Gasteiger partial charge in [0.25, 0.3) is 0 Å². The average Bonchev–Trinajstić information content (AvgIpc) is 2.20. The number of hydrogen-bond donors (Lipinski definition) is 1. The zero-order valence-corrected chi connectivity index (χ0v) is 8.24. The second-order valence-electron chi connectivity index (χ2n) is 3.38. The molecule has 0 fully saturated rings. The Morgan fingerprint density at radius 1 is 1.20 bits per heavy atom. The van der Waals surface area contributed by atoms with E-state index in [2.05, 4.69) is 4.98 Å². The summed E-state index contributed by atoms with van der Waals surface area (Å²) in [4.78, 5) is 3.66. The smallest absolute Gasteiger partial charge is 0.149 e. The summed E-state index contributed by atoms with van der Waals surface area (Å²) in [5, 5.41) is 9.68. The molecule has 0 aliphatic carbocycles. The normalized spacial score (nSPS) is 10.3. The maximum absolute atomic E-state index is 13.4. The molecule has 0 unspecified atom stereocenters. The van der Waals surface area contributed by atoms with Crippen molar-refractivity contribution in [2.45, 2.75) is 6.92 Å². The fraction of sp³-hybridized carbons (Fsp3) is 0.0833. The van der Waals surface area contributed by atoms with Gasteiger partial charge in [0.2, 0.25) is 0 Å². The molecule has 76 valence electrons. The van der Waals surface area contributed by atoms with E-state index in [4.69, 9.17) is 0 Å². The van der Waals surface area contributed by atoms with Crippen molar-refractivity contribution in [1.29, 1.82) is 0 Å². The first-order chi connectivity index (χ1) is 7.18. The predicted octanol–water partition coefficient (Wildman–Crippen LogP) is 2.90. The van der Waals surface area contributed by atoms with E-state index in [0.29, 0.717) is 11.1 Å². The second kappa shape index (κ2) is 3.69. The minimum absolute atomic E-state index is 0.0834. The van der Waals surface area contributed by atoms with Crippen molar-refractivity contribution >= 4 is 0 Å². The summed E-state index contributed by atoms with van der Waals surface area (Å²) in [6, 6.07) is 6.67. The standard InChI is InChI=1S/C12H10FNO/c1-8-2-3-10(12(15)6-8)9-4-5-14-7-11(9)13/h2-7,15H,1H3. The lowest BCUT2D eigenvalue weighted by Crippen LogP contribution is -1.86. The van der Waals surface area contributed by atoms with Gasteiger partial charge in [-0.2, -0.15) is 0 Å². The zero-order chi connectivity index (χ0) is 10.8. The molecule has 0 atom stereocenters. The topological polar surface area (TPSA) is 33.1 Å². The van der Waals surface area contributed by atoms with Gasteiger partial charge >= 0.3 is 0 Å². The Balaban J connectivity index is 2.60. The number of halogens is 1. The van der Waals surface area contributed by atoms with Crippen LogP contribution in [-0.4, -0.2) is 10.1 Å². The van der Waals surface area contributed by atoms with Crippen molar-refractivity contribution in [2.75, 3.05) is 0 Å². The maximum Gasteiger partial charge on any atom is 0.149 e. The van der Waals surface area contributed by atoms with Crippen molar-refractivity contribution in [3.05, 3.63) is 48.0 Å². The molecule has 2 aromatic rings. The average molecular weight is 203 g/mol. The van der Waals surface area contributed by atoms with Gasteiger partial charge in [-0.05, 0) is 24.6 Å². The molecule has 1 aromatic heterocycles. The van der Waals surface area contributed by atoms with Crippen molar-refractivity contribution in [3.8, 4) is 16.9 Å². The first-order valence-electron chi connectivity index (χ1n) is 4.58. The molecule has 2 nitrogen and oxygen atoms in total. The second-order valence-corrected chi connectivity index (χ2v) is 3.38. The largest absolute Gasteiger partial charge is 0.507 e. The third kappa shape index (κ3) is 1.81. The SMILES string of the molecule is Cc1ccc(-c2ccncc2F)c(O)c1. The minimum Gasteiger partial charge on any atom is -0.507 e. The van der Waals surface area contributed by atoms with Gasteiger partial charge < -0.3 is 5.11 Å². The number of aryl methyl sites for hydroxylation is 1. The highest BCUT2D eigenvalue weighted by molar-refractivity contribution is 5.70. The summed E-state index contributed by atoms with van der Waals surface area (Å²) in [5.41, 5.74) is 1.79. The van der Waals surface area contributed by atoms with Crippen molar-refractivity contribution in [2.24, 2.45) is 0 Å². The van der Waals surface area contributed by atoms with Gasteiger partial charge in [-0.25, -0.2) is 4.39 Å².